The second kappa shape index (κ2) is 14.4. The number of rotatable bonds is 9. The van der Waals surface area contributed by atoms with Crippen LogP contribution >= 0.6 is 24.0 Å². The van der Waals surface area contributed by atoms with E-state index in [-0.39, 0.29) is 24.0 Å². The summed E-state index contributed by atoms with van der Waals surface area (Å²) in [4.78, 5) is 7.00. The van der Waals surface area contributed by atoms with Crippen molar-refractivity contribution in [2.75, 3.05) is 39.3 Å². The van der Waals surface area contributed by atoms with Crippen LogP contribution in [-0.4, -0.2) is 50.1 Å². The van der Waals surface area contributed by atoms with E-state index in [0.29, 0.717) is 5.92 Å². The molecule has 0 spiro atoms. The van der Waals surface area contributed by atoms with Crippen LogP contribution < -0.4 is 10.6 Å². The van der Waals surface area contributed by atoms with Crippen molar-refractivity contribution in [1.29, 1.82) is 0 Å². The van der Waals surface area contributed by atoms with E-state index in [1.807, 2.05) is 0 Å². The Bertz CT molecular complexity index is 215. The topological polar surface area (TPSA) is 39.7 Å². The van der Waals surface area contributed by atoms with E-state index in [2.05, 4.69) is 55.1 Å². The highest BCUT2D eigenvalue weighted by Gasteiger charge is 2.00. The Labute approximate surface area is 136 Å². The number of nitrogens with one attached hydrogen (secondary N) is 2. The molecule has 0 radical (unpaired) electrons. The average molecular weight is 384 g/mol. The lowest BCUT2D eigenvalue weighted by molar-refractivity contribution is 0.300. The maximum Gasteiger partial charge on any atom is 0.191 e. The Kier molecular flexibility index (Phi) is 16.1. The molecule has 0 saturated carbocycles. The van der Waals surface area contributed by atoms with Gasteiger partial charge in [0.15, 0.2) is 5.96 Å². The molecule has 0 aliphatic carbocycles. The molecule has 4 nitrogen and oxygen atoms in total. The highest BCUT2D eigenvalue weighted by atomic mass is 127. The maximum atomic E-state index is 4.55. The molecular weight excluding hydrogens is 351 g/mol. The molecule has 0 aliphatic heterocycles. The molecule has 0 amide bonds. The first-order valence-electron chi connectivity index (χ1n) is 7.38. The van der Waals surface area contributed by atoms with Gasteiger partial charge in [0.1, 0.15) is 0 Å². The first-order chi connectivity index (χ1) is 8.63. The molecule has 0 aromatic rings. The second-order valence-electron chi connectivity index (χ2n) is 4.92. The lowest BCUT2D eigenvalue weighted by Gasteiger charge is -2.18. The standard InChI is InChI=1S/C14H32N4.HI/c1-6-15-14(17-12-13(4)5)16-10-9-11-18(7-2)8-3;/h13H,6-12H2,1-5H3,(H2,15,16,17);1H. The molecule has 5 heteroatoms. The molecule has 2 N–H and O–H groups in total. The fourth-order valence-electron chi connectivity index (χ4n) is 1.66. The van der Waals surface area contributed by atoms with Crippen LogP contribution in [0.15, 0.2) is 4.99 Å². The molecule has 0 aromatic carbocycles. The van der Waals surface area contributed by atoms with Crippen molar-refractivity contribution < 1.29 is 0 Å². The second-order valence-corrected chi connectivity index (χ2v) is 4.92. The minimum atomic E-state index is 0. The van der Waals surface area contributed by atoms with Crippen molar-refractivity contribution in [2.45, 2.75) is 41.0 Å². The molecule has 0 unspecified atom stereocenters. The molecule has 19 heavy (non-hydrogen) atoms. The number of nitrogens with zero attached hydrogens (tertiary/aromatic N) is 2. The van der Waals surface area contributed by atoms with Crippen molar-refractivity contribution in [3.63, 3.8) is 0 Å². The predicted octanol–water partition coefficient (Wildman–Crippen LogP) is 2.55. The number of guanidine groups is 1. The zero-order valence-electron chi connectivity index (χ0n) is 13.3. The fourth-order valence-corrected chi connectivity index (χ4v) is 1.66. The molecule has 116 valence electrons. The van der Waals surface area contributed by atoms with Crippen LogP contribution in [-0.2, 0) is 0 Å². The molecule has 0 heterocycles. The Morgan fingerprint density at radius 2 is 1.74 bits per heavy atom. The summed E-state index contributed by atoms with van der Waals surface area (Å²) in [6, 6.07) is 0. The lowest BCUT2D eigenvalue weighted by Crippen LogP contribution is -2.39. The third kappa shape index (κ3) is 12.7. The number of halogens is 1. The van der Waals surface area contributed by atoms with Gasteiger partial charge in [-0.3, -0.25) is 4.99 Å². The van der Waals surface area contributed by atoms with E-state index in [4.69, 9.17) is 0 Å². The van der Waals surface area contributed by atoms with Gasteiger partial charge < -0.3 is 15.5 Å². The van der Waals surface area contributed by atoms with Crippen LogP contribution in [0.1, 0.15) is 41.0 Å². The SMILES string of the molecule is CCNC(=NCC(C)C)NCCCN(CC)CC.I. The molecule has 0 aromatic heterocycles. The molecule has 0 saturated heterocycles. The number of hydrogen-bond acceptors (Lipinski definition) is 2. The first-order valence-corrected chi connectivity index (χ1v) is 7.38. The summed E-state index contributed by atoms with van der Waals surface area (Å²) in [7, 11) is 0. The van der Waals surface area contributed by atoms with Gasteiger partial charge in [0.2, 0.25) is 0 Å². The van der Waals surface area contributed by atoms with Gasteiger partial charge in [0.25, 0.3) is 0 Å². The van der Waals surface area contributed by atoms with Gasteiger partial charge in [-0.15, -0.1) is 24.0 Å². The predicted molar refractivity (Wildman–Crippen MR) is 96.6 cm³/mol. The maximum absolute atomic E-state index is 4.55. The minimum absolute atomic E-state index is 0. The van der Waals surface area contributed by atoms with E-state index in [9.17, 15) is 0 Å². The van der Waals surface area contributed by atoms with Crippen LogP contribution in [0.25, 0.3) is 0 Å². The minimum Gasteiger partial charge on any atom is -0.357 e. The molecular formula is C14H33IN4. The van der Waals surface area contributed by atoms with Gasteiger partial charge in [-0.1, -0.05) is 27.7 Å². The highest BCUT2D eigenvalue weighted by Crippen LogP contribution is 1.92. The van der Waals surface area contributed by atoms with Gasteiger partial charge in [-0.05, 0) is 38.9 Å². The van der Waals surface area contributed by atoms with E-state index in [1.165, 1.54) is 0 Å². The number of hydrogen-bond donors (Lipinski definition) is 2. The summed E-state index contributed by atoms with van der Waals surface area (Å²) in [5, 5.41) is 6.67. The molecule has 0 fully saturated rings. The Hall–Kier alpha value is -0.0400. The Morgan fingerprint density at radius 1 is 1.11 bits per heavy atom. The normalized spacial score (nSPS) is 11.6. The fraction of sp³-hybridized carbons (Fsp3) is 0.929. The van der Waals surface area contributed by atoms with Crippen molar-refractivity contribution >= 4 is 29.9 Å². The van der Waals surface area contributed by atoms with Gasteiger partial charge in [-0.25, -0.2) is 0 Å². The Morgan fingerprint density at radius 3 is 2.21 bits per heavy atom. The van der Waals surface area contributed by atoms with Crippen LogP contribution in [0.4, 0.5) is 0 Å². The van der Waals surface area contributed by atoms with E-state index < -0.39 is 0 Å². The van der Waals surface area contributed by atoms with Gasteiger partial charge in [0.05, 0.1) is 0 Å². The zero-order valence-corrected chi connectivity index (χ0v) is 15.7. The summed E-state index contributed by atoms with van der Waals surface area (Å²) >= 11 is 0. The summed E-state index contributed by atoms with van der Waals surface area (Å²) in [5.74, 6) is 1.56. The summed E-state index contributed by atoms with van der Waals surface area (Å²) in [6.07, 6.45) is 1.16. The lowest BCUT2D eigenvalue weighted by atomic mass is 10.2. The Balaban J connectivity index is 0. The van der Waals surface area contributed by atoms with Gasteiger partial charge >= 0.3 is 0 Å². The molecule has 0 rings (SSSR count). The average Bonchev–Trinajstić information content (AvgIpc) is 2.35. The number of aliphatic imine (C=N–C) groups is 1. The molecule has 0 bridgehead atoms. The monoisotopic (exact) mass is 384 g/mol. The van der Waals surface area contributed by atoms with E-state index >= 15 is 0 Å². The zero-order chi connectivity index (χ0) is 13.8. The largest absolute Gasteiger partial charge is 0.357 e. The third-order valence-electron chi connectivity index (χ3n) is 2.80. The molecule has 0 atom stereocenters. The summed E-state index contributed by atoms with van der Waals surface area (Å²) in [5.41, 5.74) is 0. The van der Waals surface area contributed by atoms with Crippen LogP contribution in [0, 0.1) is 5.92 Å². The highest BCUT2D eigenvalue weighted by molar-refractivity contribution is 14.0. The third-order valence-corrected chi connectivity index (χ3v) is 2.80. The molecule has 0 aliphatic rings. The van der Waals surface area contributed by atoms with Crippen molar-refractivity contribution in [2.24, 2.45) is 10.9 Å². The van der Waals surface area contributed by atoms with Crippen molar-refractivity contribution in [1.82, 2.24) is 15.5 Å². The van der Waals surface area contributed by atoms with E-state index in [1.54, 1.807) is 0 Å². The van der Waals surface area contributed by atoms with Crippen LogP contribution in [0.2, 0.25) is 0 Å². The summed E-state index contributed by atoms with van der Waals surface area (Å²) in [6.45, 7) is 17.1. The van der Waals surface area contributed by atoms with Crippen LogP contribution in [0.3, 0.4) is 0 Å². The summed E-state index contributed by atoms with van der Waals surface area (Å²) < 4.78 is 0. The smallest absolute Gasteiger partial charge is 0.191 e. The quantitative estimate of drug-likeness (QED) is 0.278. The van der Waals surface area contributed by atoms with E-state index in [0.717, 1.165) is 51.6 Å². The van der Waals surface area contributed by atoms with Crippen LogP contribution in [0.5, 0.6) is 0 Å². The van der Waals surface area contributed by atoms with Gasteiger partial charge in [-0.2, -0.15) is 0 Å². The van der Waals surface area contributed by atoms with Crippen molar-refractivity contribution in [3.05, 3.63) is 0 Å². The van der Waals surface area contributed by atoms with Crippen molar-refractivity contribution in [3.8, 4) is 0 Å². The van der Waals surface area contributed by atoms with Gasteiger partial charge in [0, 0.05) is 19.6 Å². The first kappa shape index (κ1) is 21.3.